The van der Waals surface area contributed by atoms with E-state index in [0.717, 1.165) is 13.1 Å². The Labute approximate surface area is 150 Å². The van der Waals surface area contributed by atoms with Gasteiger partial charge in [0.05, 0.1) is 0 Å². The van der Waals surface area contributed by atoms with Gasteiger partial charge in [0.2, 0.25) is 0 Å². The van der Waals surface area contributed by atoms with Crippen molar-refractivity contribution in [3.8, 4) is 0 Å². The molecule has 21 heavy (non-hydrogen) atoms. The predicted molar refractivity (Wildman–Crippen MR) is 93.2 cm³/mol. The van der Waals surface area contributed by atoms with Gasteiger partial charge in [0.1, 0.15) is 0 Å². The van der Waals surface area contributed by atoms with E-state index in [2.05, 4.69) is 48.7 Å². The number of hydrogen-bond acceptors (Lipinski definition) is 0. The molecule has 116 valence electrons. The summed E-state index contributed by atoms with van der Waals surface area (Å²) in [5, 5.41) is 7.47. The van der Waals surface area contributed by atoms with Crippen molar-refractivity contribution in [3.63, 3.8) is 0 Å². The molecule has 0 saturated heterocycles. The molecule has 0 heterocycles. The van der Waals surface area contributed by atoms with Crippen molar-refractivity contribution in [3.05, 3.63) is 70.3 Å². The quantitative estimate of drug-likeness (QED) is 0.428. The molecule has 2 aromatic carbocycles. The van der Waals surface area contributed by atoms with Crippen molar-refractivity contribution >= 4 is 0 Å². The fraction of sp³-hybridized carbons (Fsp3) is 0.444. The first-order chi connectivity index (χ1) is 9.62. The first kappa shape index (κ1) is 25.4. The number of rotatable bonds is 2. The minimum absolute atomic E-state index is 0. The van der Waals surface area contributed by atoms with Gasteiger partial charge in [-0.1, -0.05) is 27.7 Å². The van der Waals surface area contributed by atoms with Crippen LogP contribution in [0.25, 0.3) is 10.6 Å². The Morgan fingerprint density at radius 3 is 0.905 bits per heavy atom. The third-order valence-electron chi connectivity index (χ3n) is 2.29. The van der Waals surface area contributed by atoms with E-state index in [1.165, 1.54) is 11.1 Å². The largest absolute Gasteiger partial charge is 4.00 e. The van der Waals surface area contributed by atoms with Crippen molar-refractivity contribution < 1.29 is 25.8 Å². The van der Waals surface area contributed by atoms with E-state index in [1.54, 1.807) is 14.1 Å². The normalized spacial score (nSPS) is 7.90. The molecule has 0 N–H and O–H groups in total. The Hall–Kier alpha value is -0.510. The van der Waals surface area contributed by atoms with Gasteiger partial charge in [-0.25, -0.2) is 24.3 Å². The van der Waals surface area contributed by atoms with Gasteiger partial charge >= 0.3 is 25.8 Å². The summed E-state index contributed by atoms with van der Waals surface area (Å²) in [4.78, 5) is 0. The van der Waals surface area contributed by atoms with E-state index in [0.29, 0.717) is 0 Å². The van der Waals surface area contributed by atoms with E-state index in [4.69, 9.17) is 0 Å². The number of nitrogens with zero attached hydrogens (tertiary/aromatic N) is 2. The first-order valence-electron chi connectivity index (χ1n) is 7.10. The summed E-state index contributed by atoms with van der Waals surface area (Å²) in [5.41, 5.74) is 2.69. The Bertz CT molecular complexity index is 299. The molecule has 0 unspecified atom stereocenters. The van der Waals surface area contributed by atoms with Gasteiger partial charge in [-0.15, -0.1) is 0 Å². The molecule has 0 saturated carbocycles. The molecule has 2 rings (SSSR count). The van der Waals surface area contributed by atoms with Crippen molar-refractivity contribution in [1.82, 2.24) is 0 Å². The van der Waals surface area contributed by atoms with E-state index < -0.39 is 0 Å². The van der Waals surface area contributed by atoms with Crippen molar-refractivity contribution in [2.75, 3.05) is 27.2 Å². The molecule has 0 atom stereocenters. The predicted octanol–water partition coefficient (Wildman–Crippen LogP) is 5.44. The van der Waals surface area contributed by atoms with Crippen LogP contribution in [0.15, 0.2) is 48.5 Å². The summed E-state index contributed by atoms with van der Waals surface area (Å²) in [6.45, 7) is 10.1. The summed E-state index contributed by atoms with van der Waals surface area (Å²) in [6, 6.07) is 16.5. The van der Waals surface area contributed by atoms with Crippen LogP contribution in [0.1, 0.15) is 25.0 Å². The average molecular weight is 453 g/mol. The fourth-order valence-electron chi connectivity index (χ4n) is 0.940. The average Bonchev–Trinajstić information content (AvgIpc) is 3.13. The molecule has 2 nitrogen and oxygen atoms in total. The molecule has 0 aromatic heterocycles. The summed E-state index contributed by atoms with van der Waals surface area (Å²) >= 11 is 0. The summed E-state index contributed by atoms with van der Waals surface area (Å²) < 4.78 is 0. The van der Waals surface area contributed by atoms with Gasteiger partial charge in [-0.2, -0.15) is 62.6 Å². The number of hydrogen-bond donors (Lipinski definition) is 0. The maximum absolute atomic E-state index is 3.74. The standard InChI is InChI=1S/2C6H7.2C3H8N.Hf/c2*1-6-4-2-3-5-6;2*1-3-4-2;/h2*2-5H,1H3;2*3H2,1-2H3;/q4*-1;+4. The van der Waals surface area contributed by atoms with E-state index in [1.807, 2.05) is 38.1 Å². The number of aryl methyl sites for hydroxylation is 2. The van der Waals surface area contributed by atoms with E-state index >= 15 is 0 Å². The smallest absolute Gasteiger partial charge is 0.665 e. The van der Waals surface area contributed by atoms with Gasteiger partial charge in [0.25, 0.3) is 0 Å². The SMILES string of the molecule is CC[N-]C.CC[N-]C.C[c-]1cccc1.C[c-]1cccc1.[Hf+4]. The van der Waals surface area contributed by atoms with Crippen LogP contribution >= 0.6 is 0 Å². The molecule has 3 heteroatoms. The van der Waals surface area contributed by atoms with Crippen LogP contribution in [-0.4, -0.2) is 27.2 Å². The molecule has 0 bridgehead atoms. The molecule has 0 spiro atoms. The van der Waals surface area contributed by atoms with Gasteiger partial charge < -0.3 is 10.6 Å². The second-order valence-electron chi connectivity index (χ2n) is 4.19. The van der Waals surface area contributed by atoms with Gasteiger partial charge in [-0.3, -0.25) is 0 Å². The molecular weight excluding hydrogens is 423 g/mol. The molecule has 0 radical (unpaired) electrons. The topological polar surface area (TPSA) is 28.2 Å². The van der Waals surface area contributed by atoms with Gasteiger partial charge in [0, 0.05) is 0 Å². The summed E-state index contributed by atoms with van der Waals surface area (Å²) in [6.07, 6.45) is 0. The van der Waals surface area contributed by atoms with Crippen molar-refractivity contribution in [2.24, 2.45) is 0 Å². The molecule has 0 aliphatic heterocycles. The molecule has 0 amide bonds. The van der Waals surface area contributed by atoms with Crippen LogP contribution in [-0.2, 0) is 25.8 Å². The first-order valence-corrected chi connectivity index (χ1v) is 7.10. The maximum Gasteiger partial charge on any atom is 4.00 e. The Morgan fingerprint density at radius 2 is 0.857 bits per heavy atom. The van der Waals surface area contributed by atoms with Crippen molar-refractivity contribution in [2.45, 2.75) is 27.7 Å². The molecule has 0 fully saturated rings. The van der Waals surface area contributed by atoms with Crippen LogP contribution in [0.4, 0.5) is 0 Å². The zero-order valence-electron chi connectivity index (χ0n) is 14.4. The second kappa shape index (κ2) is 21.8. The molecule has 0 aliphatic carbocycles. The third-order valence-corrected chi connectivity index (χ3v) is 2.29. The van der Waals surface area contributed by atoms with Gasteiger partial charge in [-0.05, 0) is 0 Å². The zero-order chi connectivity index (χ0) is 15.6. The summed E-state index contributed by atoms with van der Waals surface area (Å²) in [7, 11) is 3.61. The Kier molecular flexibility index (Phi) is 26.4. The van der Waals surface area contributed by atoms with Crippen molar-refractivity contribution in [1.29, 1.82) is 0 Å². The maximum atomic E-state index is 3.74. The molecule has 2 aromatic rings. The van der Waals surface area contributed by atoms with E-state index in [-0.39, 0.29) is 25.8 Å². The Balaban J connectivity index is -0.000000208. The molecule has 0 aliphatic rings. The summed E-state index contributed by atoms with van der Waals surface area (Å²) in [5.74, 6) is 0. The van der Waals surface area contributed by atoms with E-state index in [9.17, 15) is 0 Å². The van der Waals surface area contributed by atoms with Crippen LogP contribution in [0.3, 0.4) is 0 Å². The second-order valence-corrected chi connectivity index (χ2v) is 4.19. The minimum Gasteiger partial charge on any atom is -0.665 e. The third kappa shape index (κ3) is 24.8. The zero-order valence-corrected chi connectivity index (χ0v) is 18.0. The van der Waals surface area contributed by atoms with Crippen LogP contribution in [0.5, 0.6) is 0 Å². The fourth-order valence-corrected chi connectivity index (χ4v) is 0.940. The Morgan fingerprint density at radius 1 is 0.667 bits per heavy atom. The monoisotopic (exact) mass is 454 g/mol. The van der Waals surface area contributed by atoms with Crippen LogP contribution in [0.2, 0.25) is 0 Å². The van der Waals surface area contributed by atoms with Gasteiger partial charge in [0.15, 0.2) is 0 Å². The minimum atomic E-state index is 0. The van der Waals surface area contributed by atoms with Crippen LogP contribution in [0, 0.1) is 13.8 Å². The molecular formula is C18H30HfN2. The van der Waals surface area contributed by atoms with Crippen LogP contribution < -0.4 is 0 Å².